The number of aryl methyl sites for hydroxylation is 1. The highest BCUT2D eigenvalue weighted by Crippen LogP contribution is 2.37. The fourth-order valence-corrected chi connectivity index (χ4v) is 4.22. The van der Waals surface area contributed by atoms with Crippen molar-refractivity contribution in [1.82, 2.24) is 14.8 Å². The van der Waals surface area contributed by atoms with Crippen LogP contribution in [0, 0.1) is 6.92 Å². The second-order valence-electron chi connectivity index (χ2n) is 7.10. The minimum atomic E-state index is -1.24. The molecule has 0 saturated carbocycles. The molecule has 2 amide bonds. The monoisotopic (exact) mass is 559 g/mol. The van der Waals surface area contributed by atoms with Gasteiger partial charge in [0, 0.05) is 17.3 Å². The van der Waals surface area contributed by atoms with Gasteiger partial charge in [-0.15, -0.1) is 0 Å². The number of para-hydroxylation sites is 1. The van der Waals surface area contributed by atoms with Crippen LogP contribution in [0.1, 0.15) is 16.1 Å². The quantitative estimate of drug-likeness (QED) is 0.282. The number of nitrogens with zero attached hydrogens (tertiary/aromatic N) is 4. The molecule has 0 unspecified atom stereocenters. The third-order valence-corrected chi connectivity index (χ3v) is 5.72. The van der Waals surface area contributed by atoms with Crippen molar-refractivity contribution in [2.45, 2.75) is 6.92 Å². The lowest BCUT2D eigenvalue weighted by Crippen LogP contribution is -2.26. The summed E-state index contributed by atoms with van der Waals surface area (Å²) in [7, 11) is 0. The van der Waals surface area contributed by atoms with Gasteiger partial charge in [-0.3, -0.25) is 4.79 Å². The predicted octanol–water partition coefficient (Wildman–Crippen LogP) is 6.71. The van der Waals surface area contributed by atoms with Crippen LogP contribution in [0.15, 0.2) is 71.5 Å². The van der Waals surface area contributed by atoms with Gasteiger partial charge < -0.3 is 10.4 Å². The number of hydrogen-bond donors (Lipinski definition) is 2. The predicted molar refractivity (Wildman–Crippen MR) is 135 cm³/mol. The maximum atomic E-state index is 13.4. The Morgan fingerprint density at radius 1 is 1.09 bits per heavy atom. The van der Waals surface area contributed by atoms with Crippen LogP contribution in [0.2, 0.25) is 10.0 Å². The van der Waals surface area contributed by atoms with Crippen LogP contribution in [0.4, 0.5) is 21.9 Å². The van der Waals surface area contributed by atoms with E-state index in [0.717, 1.165) is 4.90 Å². The summed E-state index contributed by atoms with van der Waals surface area (Å²) < 4.78 is 1.70. The van der Waals surface area contributed by atoms with Crippen molar-refractivity contribution < 1.29 is 14.7 Å². The number of aromatic nitrogens is 3. The van der Waals surface area contributed by atoms with Gasteiger partial charge in [0.15, 0.2) is 5.82 Å². The van der Waals surface area contributed by atoms with Crippen LogP contribution < -0.4 is 10.2 Å². The SMILES string of the molecule is Cc1cc(Cl)cc(N(C(=O)O)c2ccccc2)c1NC(=O)c1cc(Br)nn1-c1ncccc1Cl. The third-order valence-electron chi connectivity index (χ3n) is 4.82. The summed E-state index contributed by atoms with van der Waals surface area (Å²) in [5.74, 6) is -0.283. The molecular weight excluding hydrogens is 545 g/mol. The Labute approximate surface area is 212 Å². The molecule has 34 heavy (non-hydrogen) atoms. The molecule has 11 heteroatoms. The van der Waals surface area contributed by atoms with Gasteiger partial charge in [0.2, 0.25) is 0 Å². The van der Waals surface area contributed by atoms with Gasteiger partial charge in [0.1, 0.15) is 10.3 Å². The standard InChI is InChI=1S/C23H16BrCl2N5O3/c1-13-10-14(25)11-17(30(23(33)34)15-6-3-2-4-7-15)20(13)28-22(32)18-12-19(24)29-31(18)21-16(26)8-5-9-27-21/h2-12H,1H3,(H,28,32)(H,33,34). The van der Waals surface area contributed by atoms with Gasteiger partial charge in [-0.1, -0.05) is 41.4 Å². The summed E-state index contributed by atoms with van der Waals surface area (Å²) in [4.78, 5) is 30.9. The maximum Gasteiger partial charge on any atom is 0.416 e. The zero-order valence-electron chi connectivity index (χ0n) is 17.5. The number of hydrogen-bond acceptors (Lipinski definition) is 4. The molecule has 0 atom stereocenters. The summed E-state index contributed by atoms with van der Waals surface area (Å²) in [6.45, 7) is 1.72. The Morgan fingerprint density at radius 2 is 1.82 bits per heavy atom. The van der Waals surface area contributed by atoms with E-state index in [1.54, 1.807) is 55.5 Å². The number of pyridine rings is 1. The lowest BCUT2D eigenvalue weighted by molar-refractivity contribution is 0.101. The lowest BCUT2D eigenvalue weighted by atomic mass is 10.1. The average molecular weight is 561 g/mol. The maximum absolute atomic E-state index is 13.4. The summed E-state index contributed by atoms with van der Waals surface area (Å²) >= 11 is 15.8. The molecule has 0 saturated heterocycles. The van der Waals surface area contributed by atoms with Crippen LogP contribution in [-0.4, -0.2) is 31.9 Å². The molecule has 2 N–H and O–H groups in total. The van der Waals surface area contributed by atoms with Crippen molar-refractivity contribution in [2.75, 3.05) is 10.2 Å². The minimum absolute atomic E-state index is 0.134. The van der Waals surface area contributed by atoms with E-state index in [-0.39, 0.29) is 22.9 Å². The summed E-state index contributed by atoms with van der Waals surface area (Å²) in [6.07, 6.45) is 0.293. The molecule has 0 bridgehead atoms. The van der Waals surface area contributed by atoms with Crippen LogP contribution in [0.25, 0.3) is 5.82 Å². The molecule has 172 valence electrons. The molecule has 2 aromatic carbocycles. The first-order chi connectivity index (χ1) is 16.3. The number of anilines is 3. The second-order valence-corrected chi connectivity index (χ2v) is 8.75. The number of carboxylic acid groups (broad SMARTS) is 1. The first kappa shape index (κ1) is 23.7. The Kier molecular flexibility index (Phi) is 6.87. The zero-order chi connectivity index (χ0) is 24.4. The lowest BCUT2D eigenvalue weighted by Gasteiger charge is -2.24. The fraction of sp³-hybridized carbons (Fsp3) is 0.0435. The van der Waals surface area contributed by atoms with E-state index < -0.39 is 12.0 Å². The molecule has 2 heterocycles. The summed E-state index contributed by atoms with van der Waals surface area (Å²) in [5.41, 5.74) is 1.56. The number of rotatable bonds is 5. The van der Waals surface area contributed by atoms with Crippen LogP contribution in [0.5, 0.6) is 0 Å². The fourth-order valence-electron chi connectivity index (χ4n) is 3.38. The third kappa shape index (κ3) is 4.77. The molecule has 2 aromatic heterocycles. The topological polar surface area (TPSA) is 100 Å². The Morgan fingerprint density at radius 3 is 2.50 bits per heavy atom. The van der Waals surface area contributed by atoms with Crippen molar-refractivity contribution in [1.29, 1.82) is 0 Å². The number of carbonyl (C=O) groups excluding carboxylic acids is 1. The molecular formula is C23H16BrCl2N5O3. The van der Waals surface area contributed by atoms with E-state index in [4.69, 9.17) is 23.2 Å². The van der Waals surface area contributed by atoms with Crippen molar-refractivity contribution in [3.8, 4) is 5.82 Å². The van der Waals surface area contributed by atoms with Gasteiger partial charge in [-0.2, -0.15) is 5.10 Å². The van der Waals surface area contributed by atoms with E-state index in [9.17, 15) is 14.7 Å². The Hall–Kier alpha value is -3.40. The van der Waals surface area contributed by atoms with Crippen molar-refractivity contribution in [2.24, 2.45) is 0 Å². The zero-order valence-corrected chi connectivity index (χ0v) is 20.6. The molecule has 0 fully saturated rings. The van der Waals surface area contributed by atoms with Crippen LogP contribution in [-0.2, 0) is 0 Å². The first-order valence-corrected chi connectivity index (χ1v) is 11.4. The molecule has 4 aromatic rings. The summed E-state index contributed by atoms with van der Waals surface area (Å²) in [6, 6.07) is 16.4. The largest absolute Gasteiger partial charge is 0.464 e. The van der Waals surface area contributed by atoms with Crippen molar-refractivity contribution >= 4 is 68.2 Å². The Bertz CT molecular complexity index is 1390. The first-order valence-electron chi connectivity index (χ1n) is 9.82. The van der Waals surface area contributed by atoms with E-state index in [2.05, 4.69) is 31.3 Å². The van der Waals surface area contributed by atoms with Gasteiger partial charge in [-0.05, 0) is 64.8 Å². The molecule has 0 spiro atoms. The van der Waals surface area contributed by atoms with Crippen molar-refractivity contribution in [3.63, 3.8) is 0 Å². The molecule has 8 nitrogen and oxygen atoms in total. The minimum Gasteiger partial charge on any atom is -0.464 e. The molecule has 0 aliphatic rings. The highest BCUT2D eigenvalue weighted by Gasteiger charge is 2.25. The highest BCUT2D eigenvalue weighted by molar-refractivity contribution is 9.10. The van der Waals surface area contributed by atoms with Gasteiger partial charge in [0.25, 0.3) is 5.91 Å². The number of nitrogens with one attached hydrogen (secondary N) is 1. The second kappa shape index (κ2) is 9.84. The Balaban J connectivity index is 1.80. The smallest absolute Gasteiger partial charge is 0.416 e. The van der Waals surface area contributed by atoms with Crippen LogP contribution >= 0.6 is 39.1 Å². The van der Waals surface area contributed by atoms with E-state index >= 15 is 0 Å². The molecule has 0 aliphatic heterocycles. The van der Waals surface area contributed by atoms with E-state index in [0.29, 0.717) is 25.9 Å². The number of halogens is 3. The number of benzene rings is 2. The van der Waals surface area contributed by atoms with Crippen LogP contribution in [0.3, 0.4) is 0 Å². The van der Waals surface area contributed by atoms with E-state index in [1.807, 2.05) is 0 Å². The normalized spacial score (nSPS) is 10.7. The van der Waals surface area contributed by atoms with Crippen molar-refractivity contribution in [3.05, 3.63) is 92.8 Å². The van der Waals surface area contributed by atoms with Gasteiger partial charge >= 0.3 is 6.09 Å². The van der Waals surface area contributed by atoms with Gasteiger partial charge in [-0.25, -0.2) is 19.4 Å². The summed E-state index contributed by atoms with van der Waals surface area (Å²) in [5, 5.41) is 17.7. The average Bonchev–Trinajstić information content (AvgIpc) is 3.18. The number of amides is 2. The molecule has 0 radical (unpaired) electrons. The highest BCUT2D eigenvalue weighted by atomic mass is 79.9. The van der Waals surface area contributed by atoms with E-state index in [1.165, 1.54) is 23.0 Å². The van der Waals surface area contributed by atoms with Gasteiger partial charge in [0.05, 0.1) is 22.1 Å². The molecule has 4 rings (SSSR count). The molecule has 0 aliphatic carbocycles. The number of carbonyl (C=O) groups is 2.